The fourth-order valence-electron chi connectivity index (χ4n) is 3.05. The van der Waals surface area contributed by atoms with Gasteiger partial charge in [-0.1, -0.05) is 36.0 Å². The maximum atomic E-state index is 12.2. The molecular weight excluding hydrogens is 334 g/mol. The van der Waals surface area contributed by atoms with Gasteiger partial charge in [0.1, 0.15) is 0 Å². The second-order valence-corrected chi connectivity index (χ2v) is 7.61. The Morgan fingerprint density at radius 3 is 2.36 bits per heavy atom. The summed E-state index contributed by atoms with van der Waals surface area (Å²) in [6.45, 7) is 0.0295. The van der Waals surface area contributed by atoms with Gasteiger partial charge in [-0.05, 0) is 42.9 Å². The second kappa shape index (κ2) is 8.97. The number of rotatable bonds is 6. The zero-order valence-electron chi connectivity index (χ0n) is 14.1. The molecule has 1 heterocycles. The normalized spacial score (nSPS) is 20.2. The van der Waals surface area contributed by atoms with Crippen molar-refractivity contribution in [2.75, 3.05) is 0 Å². The van der Waals surface area contributed by atoms with Gasteiger partial charge in [0, 0.05) is 23.7 Å². The van der Waals surface area contributed by atoms with E-state index in [4.69, 9.17) is 5.11 Å². The molecule has 1 aliphatic rings. The van der Waals surface area contributed by atoms with E-state index in [1.165, 1.54) is 0 Å². The van der Waals surface area contributed by atoms with E-state index in [1.54, 1.807) is 24.2 Å². The van der Waals surface area contributed by atoms with Gasteiger partial charge in [-0.25, -0.2) is 9.97 Å². The number of thioether (sulfide) groups is 1. The number of carbonyl (C=O) groups is 1. The summed E-state index contributed by atoms with van der Waals surface area (Å²) in [7, 11) is 0. The quantitative estimate of drug-likeness (QED) is 0.778. The molecule has 3 rings (SSSR count). The topological polar surface area (TPSA) is 75.1 Å². The molecule has 0 atom stereocenters. The highest BCUT2D eigenvalue weighted by atomic mass is 32.2. The van der Waals surface area contributed by atoms with Crippen molar-refractivity contribution in [3.05, 3.63) is 53.9 Å². The van der Waals surface area contributed by atoms with Gasteiger partial charge < -0.3 is 10.4 Å². The summed E-state index contributed by atoms with van der Waals surface area (Å²) in [6, 6.07) is 9.61. The molecule has 132 valence electrons. The predicted molar refractivity (Wildman–Crippen MR) is 98.1 cm³/mol. The summed E-state index contributed by atoms with van der Waals surface area (Å²) in [5.41, 5.74) is 1.84. The number of amides is 1. The van der Waals surface area contributed by atoms with Crippen molar-refractivity contribution < 1.29 is 9.90 Å². The molecular formula is C19H23N3O2S. The molecule has 5 nitrogen and oxygen atoms in total. The van der Waals surface area contributed by atoms with E-state index in [2.05, 4.69) is 15.3 Å². The van der Waals surface area contributed by atoms with Gasteiger partial charge in [0.15, 0.2) is 5.16 Å². The molecule has 1 aliphatic carbocycles. The van der Waals surface area contributed by atoms with Gasteiger partial charge in [-0.2, -0.15) is 0 Å². The molecule has 1 saturated carbocycles. The molecule has 25 heavy (non-hydrogen) atoms. The monoisotopic (exact) mass is 357 g/mol. The number of carbonyl (C=O) groups excluding carboxylic acids is 1. The minimum absolute atomic E-state index is 0.0295. The zero-order chi connectivity index (χ0) is 17.5. The summed E-state index contributed by atoms with van der Waals surface area (Å²) in [5, 5.41) is 13.6. The van der Waals surface area contributed by atoms with Crippen molar-refractivity contribution in [3.63, 3.8) is 0 Å². The van der Waals surface area contributed by atoms with E-state index in [-0.39, 0.29) is 18.6 Å². The molecule has 6 heteroatoms. The Labute approximate surface area is 152 Å². The highest BCUT2D eigenvalue weighted by Gasteiger charge is 2.23. The third-order valence-corrected chi connectivity index (χ3v) is 5.65. The first-order valence-electron chi connectivity index (χ1n) is 8.64. The van der Waals surface area contributed by atoms with Crippen LogP contribution in [0.15, 0.2) is 47.9 Å². The van der Waals surface area contributed by atoms with Crippen LogP contribution in [0.5, 0.6) is 0 Å². The molecule has 0 aliphatic heterocycles. The Balaban J connectivity index is 1.41. The number of nitrogens with one attached hydrogen (secondary N) is 1. The zero-order valence-corrected chi connectivity index (χ0v) is 14.9. The Morgan fingerprint density at radius 1 is 1.08 bits per heavy atom. The van der Waals surface area contributed by atoms with Crippen LogP contribution in [-0.4, -0.2) is 32.3 Å². The van der Waals surface area contributed by atoms with Crippen LogP contribution in [0.2, 0.25) is 0 Å². The average molecular weight is 357 g/mol. The number of aliphatic hydroxyl groups excluding tert-OH is 1. The maximum Gasteiger partial charge on any atom is 0.224 e. The van der Waals surface area contributed by atoms with Gasteiger partial charge in [0.25, 0.3) is 0 Å². The van der Waals surface area contributed by atoms with Crippen molar-refractivity contribution in [2.24, 2.45) is 0 Å². The molecule has 0 saturated heterocycles. The molecule has 1 fully saturated rings. The molecule has 0 unspecified atom stereocenters. The van der Waals surface area contributed by atoms with Crippen molar-refractivity contribution in [2.45, 2.75) is 55.2 Å². The van der Waals surface area contributed by atoms with Gasteiger partial charge in [-0.15, -0.1) is 0 Å². The van der Waals surface area contributed by atoms with Crippen molar-refractivity contribution >= 4 is 17.7 Å². The first-order valence-corrected chi connectivity index (χ1v) is 9.52. The minimum atomic E-state index is 0.0295. The predicted octanol–water partition coefficient (Wildman–Crippen LogP) is 2.73. The maximum absolute atomic E-state index is 12.2. The fraction of sp³-hybridized carbons (Fsp3) is 0.421. The molecule has 2 N–H and O–H groups in total. The number of benzene rings is 1. The number of aromatic nitrogens is 2. The first-order chi connectivity index (χ1) is 12.2. The molecule has 1 aromatic carbocycles. The lowest BCUT2D eigenvalue weighted by molar-refractivity contribution is -0.121. The van der Waals surface area contributed by atoms with Crippen LogP contribution >= 0.6 is 11.8 Å². The van der Waals surface area contributed by atoms with Crippen LogP contribution in [0.1, 0.15) is 36.8 Å². The second-order valence-electron chi connectivity index (χ2n) is 6.34. The molecule has 0 spiro atoms. The summed E-state index contributed by atoms with van der Waals surface area (Å²) >= 11 is 1.74. The van der Waals surface area contributed by atoms with Gasteiger partial charge in [-0.3, -0.25) is 4.79 Å². The lowest BCUT2D eigenvalue weighted by Gasteiger charge is -2.28. The molecule has 0 radical (unpaired) electrons. The van der Waals surface area contributed by atoms with E-state index in [0.717, 1.165) is 42.0 Å². The lowest BCUT2D eigenvalue weighted by Crippen LogP contribution is -2.38. The van der Waals surface area contributed by atoms with E-state index < -0.39 is 0 Å². The van der Waals surface area contributed by atoms with Crippen LogP contribution in [0.3, 0.4) is 0 Å². The summed E-state index contributed by atoms with van der Waals surface area (Å²) in [4.78, 5) is 20.8. The lowest BCUT2D eigenvalue weighted by atomic mass is 9.94. The average Bonchev–Trinajstić information content (AvgIpc) is 2.65. The molecule has 2 aromatic rings. The van der Waals surface area contributed by atoms with E-state index in [9.17, 15) is 4.79 Å². The third kappa shape index (κ3) is 5.54. The van der Waals surface area contributed by atoms with Crippen LogP contribution in [0, 0.1) is 0 Å². The fourth-order valence-corrected chi connectivity index (χ4v) is 4.10. The minimum Gasteiger partial charge on any atom is -0.392 e. The highest BCUT2D eigenvalue weighted by Crippen LogP contribution is 2.31. The Bertz CT molecular complexity index is 671. The number of aliphatic hydroxyl groups is 1. The summed E-state index contributed by atoms with van der Waals surface area (Å²) in [6.07, 6.45) is 8.07. The van der Waals surface area contributed by atoms with Crippen molar-refractivity contribution in [3.8, 4) is 0 Å². The van der Waals surface area contributed by atoms with Crippen molar-refractivity contribution in [1.82, 2.24) is 15.3 Å². The SMILES string of the molecule is O=C(Cc1ccc(CO)cc1)NC1CCC(Sc2ncccn2)CC1. The van der Waals surface area contributed by atoms with Gasteiger partial charge in [0.05, 0.1) is 13.0 Å². The van der Waals surface area contributed by atoms with E-state index >= 15 is 0 Å². The molecule has 1 aromatic heterocycles. The standard InChI is InChI=1S/C19H23N3O2S/c23-13-15-4-2-14(3-5-15)12-18(24)22-16-6-8-17(9-7-16)25-19-20-10-1-11-21-19/h1-5,10-11,16-17,23H,6-9,12-13H2,(H,22,24). The third-order valence-electron chi connectivity index (χ3n) is 4.42. The number of hydrogen-bond acceptors (Lipinski definition) is 5. The van der Waals surface area contributed by atoms with E-state index in [1.807, 2.05) is 30.3 Å². The first kappa shape index (κ1) is 17.9. The summed E-state index contributed by atoms with van der Waals surface area (Å²) in [5.74, 6) is 0.0687. The van der Waals surface area contributed by atoms with Crippen LogP contribution in [-0.2, 0) is 17.8 Å². The van der Waals surface area contributed by atoms with Crippen LogP contribution < -0.4 is 5.32 Å². The largest absolute Gasteiger partial charge is 0.392 e. The van der Waals surface area contributed by atoms with Crippen LogP contribution in [0.4, 0.5) is 0 Å². The van der Waals surface area contributed by atoms with Crippen LogP contribution in [0.25, 0.3) is 0 Å². The Morgan fingerprint density at radius 2 is 1.72 bits per heavy atom. The van der Waals surface area contributed by atoms with Gasteiger partial charge in [0.2, 0.25) is 5.91 Å². The van der Waals surface area contributed by atoms with Gasteiger partial charge >= 0.3 is 0 Å². The Kier molecular flexibility index (Phi) is 6.42. The Hall–Kier alpha value is -1.92. The summed E-state index contributed by atoms with van der Waals surface area (Å²) < 4.78 is 0. The highest BCUT2D eigenvalue weighted by molar-refractivity contribution is 7.99. The molecule has 1 amide bonds. The van der Waals surface area contributed by atoms with E-state index in [0.29, 0.717) is 11.7 Å². The van der Waals surface area contributed by atoms with Crippen molar-refractivity contribution in [1.29, 1.82) is 0 Å². The number of nitrogens with zero attached hydrogens (tertiary/aromatic N) is 2. The number of hydrogen-bond donors (Lipinski definition) is 2. The smallest absolute Gasteiger partial charge is 0.224 e. The molecule has 0 bridgehead atoms.